The molecule has 1 aliphatic carbocycles. The van der Waals surface area contributed by atoms with Crippen LogP contribution in [0.25, 0.3) is 11.3 Å². The van der Waals surface area contributed by atoms with Crippen LogP contribution in [0.15, 0.2) is 36.8 Å². The van der Waals surface area contributed by atoms with Gasteiger partial charge in [0.25, 0.3) is 5.91 Å². The monoisotopic (exact) mass is 463 g/mol. The molecular weight excluding hydrogens is 430 g/mol. The number of carbonyl (C=O) groups is 2. The van der Waals surface area contributed by atoms with Gasteiger partial charge in [-0.15, -0.1) is 0 Å². The number of aromatic nitrogens is 5. The maximum Gasteiger partial charge on any atom is 0.270 e. The zero-order chi connectivity index (χ0) is 24.1. The molecule has 1 fully saturated rings. The molecule has 3 heterocycles. The Hall–Kier alpha value is -3.49. The quantitative estimate of drug-likeness (QED) is 0.581. The second-order valence-corrected chi connectivity index (χ2v) is 9.12. The number of hydrogen-bond donors (Lipinski definition) is 2. The van der Waals surface area contributed by atoms with Gasteiger partial charge in [0.05, 0.1) is 11.9 Å². The zero-order valence-electron chi connectivity index (χ0n) is 20.1. The van der Waals surface area contributed by atoms with Crippen molar-refractivity contribution >= 4 is 17.6 Å². The molecule has 0 spiro atoms. The van der Waals surface area contributed by atoms with E-state index in [2.05, 4.69) is 25.8 Å². The van der Waals surface area contributed by atoms with Crippen molar-refractivity contribution in [3.05, 3.63) is 48.0 Å². The highest BCUT2D eigenvalue weighted by Gasteiger charge is 2.31. The Balaban J connectivity index is 1.52. The van der Waals surface area contributed by atoms with Crippen molar-refractivity contribution in [2.45, 2.75) is 57.9 Å². The third kappa shape index (κ3) is 5.35. The molecule has 0 aromatic carbocycles. The van der Waals surface area contributed by atoms with E-state index >= 15 is 0 Å². The minimum absolute atomic E-state index is 0.0776. The zero-order valence-corrected chi connectivity index (χ0v) is 20.1. The summed E-state index contributed by atoms with van der Waals surface area (Å²) in [4.78, 5) is 30.8. The van der Waals surface area contributed by atoms with Crippen molar-refractivity contribution in [1.82, 2.24) is 29.9 Å². The maximum absolute atomic E-state index is 13.4. The standard InChI is InChI=1S/C25H33N7O2/c1-17-15-28-32(3)23(17)19-11-12-21(26-16-19)29-25(34)22(18-9-7-5-4-6-8-10-18)30-24(33)20-13-14-27-31(20)2/h11-16,18,22H,4-10H2,1-3H3,(H,30,33)(H,26,29,34). The van der Waals surface area contributed by atoms with Gasteiger partial charge in [-0.05, 0) is 49.4 Å². The largest absolute Gasteiger partial charge is 0.339 e. The Labute approximate surface area is 200 Å². The Morgan fingerprint density at radius 2 is 1.71 bits per heavy atom. The predicted molar refractivity (Wildman–Crippen MR) is 130 cm³/mol. The molecule has 2 amide bonds. The normalized spacial score (nSPS) is 15.9. The van der Waals surface area contributed by atoms with Gasteiger partial charge in [0.2, 0.25) is 5.91 Å². The van der Waals surface area contributed by atoms with Crippen LogP contribution in [0.4, 0.5) is 5.82 Å². The van der Waals surface area contributed by atoms with E-state index in [0.717, 1.165) is 55.3 Å². The average molecular weight is 464 g/mol. The SMILES string of the molecule is Cc1cnn(C)c1-c1ccc(NC(=O)C(NC(=O)c2ccnn2C)C2CCCCCCC2)nc1. The van der Waals surface area contributed by atoms with Gasteiger partial charge in [-0.1, -0.05) is 32.1 Å². The molecule has 180 valence electrons. The molecule has 0 bridgehead atoms. The molecule has 1 saturated carbocycles. The Morgan fingerprint density at radius 1 is 0.971 bits per heavy atom. The summed E-state index contributed by atoms with van der Waals surface area (Å²) in [5, 5.41) is 14.3. The fourth-order valence-corrected chi connectivity index (χ4v) is 4.80. The first-order chi connectivity index (χ1) is 16.4. The van der Waals surface area contributed by atoms with E-state index in [4.69, 9.17) is 0 Å². The van der Waals surface area contributed by atoms with E-state index in [9.17, 15) is 9.59 Å². The Morgan fingerprint density at radius 3 is 2.29 bits per heavy atom. The highest BCUT2D eigenvalue weighted by atomic mass is 16.2. The third-order valence-corrected chi connectivity index (χ3v) is 6.65. The Kier molecular flexibility index (Phi) is 7.40. The van der Waals surface area contributed by atoms with Crippen LogP contribution in [0, 0.1) is 12.8 Å². The summed E-state index contributed by atoms with van der Waals surface area (Å²) < 4.78 is 3.33. The van der Waals surface area contributed by atoms with E-state index in [1.54, 1.807) is 31.6 Å². The van der Waals surface area contributed by atoms with Crippen LogP contribution in [-0.2, 0) is 18.9 Å². The molecule has 2 N–H and O–H groups in total. The van der Waals surface area contributed by atoms with Crippen molar-refractivity contribution in [1.29, 1.82) is 0 Å². The lowest BCUT2D eigenvalue weighted by atomic mass is 9.85. The van der Waals surface area contributed by atoms with Gasteiger partial charge in [-0.2, -0.15) is 10.2 Å². The molecule has 3 aromatic heterocycles. The molecule has 0 saturated heterocycles. The van der Waals surface area contributed by atoms with Gasteiger partial charge < -0.3 is 10.6 Å². The molecule has 0 radical (unpaired) electrons. The van der Waals surface area contributed by atoms with Gasteiger partial charge in [-0.25, -0.2) is 4.98 Å². The summed E-state index contributed by atoms with van der Waals surface area (Å²) in [6.45, 7) is 2.00. The lowest BCUT2D eigenvalue weighted by Crippen LogP contribution is -2.49. The van der Waals surface area contributed by atoms with Crippen LogP contribution in [0.3, 0.4) is 0 Å². The van der Waals surface area contributed by atoms with Crippen LogP contribution in [-0.4, -0.2) is 42.4 Å². The minimum Gasteiger partial charge on any atom is -0.339 e. The molecule has 1 atom stereocenters. The lowest BCUT2D eigenvalue weighted by Gasteiger charge is -2.28. The molecule has 4 rings (SSSR count). The predicted octanol–water partition coefficient (Wildman–Crippen LogP) is 3.62. The number of amides is 2. The number of carbonyl (C=O) groups excluding carboxylic acids is 2. The second kappa shape index (κ2) is 10.6. The van der Waals surface area contributed by atoms with Gasteiger partial charge in [0.15, 0.2) is 0 Å². The van der Waals surface area contributed by atoms with Gasteiger partial charge in [0, 0.05) is 32.1 Å². The van der Waals surface area contributed by atoms with Crippen LogP contribution in [0.5, 0.6) is 0 Å². The van der Waals surface area contributed by atoms with E-state index in [1.165, 1.54) is 11.1 Å². The van der Waals surface area contributed by atoms with Crippen molar-refractivity contribution in [3.8, 4) is 11.3 Å². The molecule has 9 nitrogen and oxygen atoms in total. The molecule has 3 aromatic rings. The third-order valence-electron chi connectivity index (χ3n) is 6.65. The summed E-state index contributed by atoms with van der Waals surface area (Å²) in [6, 6.07) is 4.73. The maximum atomic E-state index is 13.4. The van der Waals surface area contributed by atoms with E-state index in [0.29, 0.717) is 11.5 Å². The number of nitrogens with one attached hydrogen (secondary N) is 2. The number of rotatable bonds is 6. The first kappa shape index (κ1) is 23.7. The average Bonchev–Trinajstić information content (AvgIpc) is 3.37. The first-order valence-electron chi connectivity index (χ1n) is 12.0. The molecule has 1 unspecified atom stereocenters. The number of nitrogens with zero attached hydrogens (tertiary/aromatic N) is 5. The Bertz CT molecular complexity index is 1110. The van der Waals surface area contributed by atoms with E-state index < -0.39 is 6.04 Å². The number of pyridine rings is 1. The molecule has 34 heavy (non-hydrogen) atoms. The van der Waals surface area contributed by atoms with Crippen molar-refractivity contribution in [2.24, 2.45) is 20.0 Å². The fraction of sp³-hybridized carbons (Fsp3) is 0.480. The van der Waals surface area contributed by atoms with Crippen molar-refractivity contribution in [3.63, 3.8) is 0 Å². The van der Waals surface area contributed by atoms with Gasteiger partial charge in [-0.3, -0.25) is 19.0 Å². The second-order valence-electron chi connectivity index (χ2n) is 9.12. The molecular formula is C25H33N7O2. The summed E-state index contributed by atoms with van der Waals surface area (Å²) in [5.74, 6) is 0.00305. The van der Waals surface area contributed by atoms with Crippen molar-refractivity contribution in [2.75, 3.05) is 5.32 Å². The van der Waals surface area contributed by atoms with Crippen molar-refractivity contribution < 1.29 is 9.59 Å². The topological polar surface area (TPSA) is 107 Å². The smallest absolute Gasteiger partial charge is 0.270 e. The summed E-state index contributed by atoms with van der Waals surface area (Å²) in [5.41, 5.74) is 3.40. The van der Waals surface area contributed by atoms with E-state index in [-0.39, 0.29) is 17.7 Å². The fourth-order valence-electron chi connectivity index (χ4n) is 4.80. The molecule has 9 heteroatoms. The van der Waals surface area contributed by atoms with Crippen LogP contribution in [0.2, 0.25) is 0 Å². The van der Waals surface area contributed by atoms with Crippen LogP contribution < -0.4 is 10.6 Å². The van der Waals surface area contributed by atoms with Gasteiger partial charge >= 0.3 is 0 Å². The minimum atomic E-state index is -0.638. The van der Waals surface area contributed by atoms with E-state index in [1.807, 2.05) is 30.9 Å². The molecule has 1 aliphatic rings. The summed E-state index contributed by atoms with van der Waals surface area (Å²) in [6.07, 6.45) is 12.6. The highest BCUT2D eigenvalue weighted by Crippen LogP contribution is 2.27. The van der Waals surface area contributed by atoms with Crippen LogP contribution >= 0.6 is 0 Å². The summed E-state index contributed by atoms with van der Waals surface area (Å²) in [7, 11) is 3.61. The van der Waals surface area contributed by atoms with Gasteiger partial charge in [0.1, 0.15) is 17.6 Å². The van der Waals surface area contributed by atoms with Crippen LogP contribution in [0.1, 0.15) is 61.0 Å². The lowest BCUT2D eigenvalue weighted by molar-refractivity contribution is -0.119. The number of hydrogen-bond acceptors (Lipinski definition) is 5. The first-order valence-corrected chi connectivity index (χ1v) is 12.0. The number of anilines is 1. The highest BCUT2D eigenvalue weighted by molar-refractivity contribution is 6.00. The summed E-state index contributed by atoms with van der Waals surface area (Å²) >= 11 is 0. The molecule has 0 aliphatic heterocycles. The number of aryl methyl sites for hydroxylation is 3.